The Labute approximate surface area is 404 Å². The van der Waals surface area contributed by atoms with Crippen LogP contribution >= 0.6 is 0 Å². The highest BCUT2D eigenvalue weighted by molar-refractivity contribution is 5.76. The average Bonchev–Trinajstić information content (AvgIpc) is 3.31. The fraction of sp³-hybridized carbons (Fsp3) is 0.721. The van der Waals surface area contributed by atoms with Gasteiger partial charge in [-0.15, -0.1) is 0 Å². The van der Waals surface area contributed by atoms with Crippen LogP contribution in [-0.2, 0) is 4.79 Å². The molecule has 1 amide bonds. The van der Waals surface area contributed by atoms with Crippen LogP contribution < -0.4 is 5.32 Å². The van der Waals surface area contributed by atoms with Crippen molar-refractivity contribution < 1.29 is 15.0 Å². The van der Waals surface area contributed by atoms with Crippen molar-refractivity contribution in [2.45, 2.75) is 276 Å². The van der Waals surface area contributed by atoms with E-state index in [4.69, 9.17) is 0 Å². The molecular weight excluding hydrogens is 795 g/mol. The van der Waals surface area contributed by atoms with E-state index in [2.05, 4.69) is 104 Å². The molecule has 0 aliphatic heterocycles. The fourth-order valence-corrected chi connectivity index (χ4v) is 8.08. The third-order valence-electron chi connectivity index (χ3n) is 12.3. The zero-order chi connectivity index (χ0) is 47.0. The SMILES string of the molecule is CC/C=C\C/C=C\C/C=C\C/C=C\C/C=C\C/C=C\CCCCCCCCCCCCCCCCCCCCC(=O)NC(CO)C(O)/C=C/CC/C=C/CCCCCCCCCCCC. The van der Waals surface area contributed by atoms with Gasteiger partial charge >= 0.3 is 0 Å². The summed E-state index contributed by atoms with van der Waals surface area (Å²) in [6.07, 6.45) is 82.8. The van der Waals surface area contributed by atoms with E-state index in [0.717, 1.165) is 70.6 Å². The summed E-state index contributed by atoms with van der Waals surface area (Å²) in [6.45, 7) is 4.18. The number of rotatable bonds is 50. The average molecular weight is 903 g/mol. The van der Waals surface area contributed by atoms with Gasteiger partial charge in [0.25, 0.3) is 0 Å². The Morgan fingerprint density at radius 3 is 1.08 bits per heavy atom. The molecule has 0 aliphatic carbocycles. The number of allylic oxidation sites excluding steroid dienone is 15. The molecule has 0 saturated heterocycles. The molecule has 0 rings (SSSR count). The molecule has 0 aromatic rings. The molecule has 0 spiro atoms. The molecule has 2 unspecified atom stereocenters. The van der Waals surface area contributed by atoms with E-state index < -0.39 is 12.1 Å². The molecule has 0 heterocycles. The lowest BCUT2D eigenvalue weighted by molar-refractivity contribution is -0.123. The van der Waals surface area contributed by atoms with Crippen LogP contribution in [0.1, 0.15) is 264 Å². The summed E-state index contributed by atoms with van der Waals surface area (Å²) in [6, 6.07) is -0.642. The number of hydrogen-bond acceptors (Lipinski definition) is 3. The van der Waals surface area contributed by atoms with E-state index >= 15 is 0 Å². The molecule has 0 aromatic heterocycles. The summed E-state index contributed by atoms with van der Waals surface area (Å²) in [5, 5.41) is 23.1. The van der Waals surface area contributed by atoms with Crippen LogP contribution in [0.4, 0.5) is 0 Å². The number of unbranched alkanes of at least 4 members (excludes halogenated alkanes) is 29. The summed E-state index contributed by atoms with van der Waals surface area (Å²) >= 11 is 0. The lowest BCUT2D eigenvalue weighted by atomic mass is 10.0. The van der Waals surface area contributed by atoms with Crippen LogP contribution in [0.25, 0.3) is 0 Å². The number of nitrogens with one attached hydrogen (secondary N) is 1. The molecule has 0 aliphatic rings. The predicted molar refractivity (Wildman–Crippen MR) is 290 cm³/mol. The summed E-state index contributed by atoms with van der Waals surface area (Å²) in [4.78, 5) is 12.5. The largest absolute Gasteiger partial charge is 0.394 e. The molecule has 4 heteroatoms. The van der Waals surface area contributed by atoms with Crippen LogP contribution in [0.15, 0.2) is 97.2 Å². The second-order valence-electron chi connectivity index (χ2n) is 18.6. The van der Waals surface area contributed by atoms with E-state index in [1.807, 2.05) is 6.08 Å². The Hall–Kier alpha value is -2.69. The van der Waals surface area contributed by atoms with Gasteiger partial charge in [-0.05, 0) is 83.5 Å². The van der Waals surface area contributed by atoms with Crippen molar-refractivity contribution in [1.29, 1.82) is 0 Å². The third kappa shape index (κ3) is 52.1. The van der Waals surface area contributed by atoms with Gasteiger partial charge < -0.3 is 15.5 Å². The highest BCUT2D eigenvalue weighted by atomic mass is 16.3. The predicted octanol–water partition coefficient (Wildman–Crippen LogP) is 18.5. The third-order valence-corrected chi connectivity index (χ3v) is 12.3. The molecule has 0 aromatic carbocycles. The maximum absolute atomic E-state index is 12.5. The highest BCUT2D eigenvalue weighted by Crippen LogP contribution is 2.16. The molecule has 4 nitrogen and oxygen atoms in total. The molecule has 3 N–H and O–H groups in total. The molecule has 0 fully saturated rings. The van der Waals surface area contributed by atoms with Crippen molar-refractivity contribution in [1.82, 2.24) is 5.32 Å². The van der Waals surface area contributed by atoms with Gasteiger partial charge in [-0.1, -0.05) is 272 Å². The normalized spacial score (nSPS) is 13.6. The number of aliphatic hydroxyl groups is 2. The molecule has 0 bridgehead atoms. The topological polar surface area (TPSA) is 69.6 Å². The second kappa shape index (κ2) is 55.6. The van der Waals surface area contributed by atoms with E-state index in [1.165, 1.54) is 173 Å². The van der Waals surface area contributed by atoms with Gasteiger partial charge in [-0.2, -0.15) is 0 Å². The van der Waals surface area contributed by atoms with Crippen LogP contribution in [0, 0.1) is 0 Å². The monoisotopic (exact) mass is 902 g/mol. The Morgan fingerprint density at radius 1 is 0.385 bits per heavy atom. The van der Waals surface area contributed by atoms with Gasteiger partial charge in [0.05, 0.1) is 18.8 Å². The zero-order valence-corrected chi connectivity index (χ0v) is 43.0. The van der Waals surface area contributed by atoms with Crippen LogP contribution in [0.3, 0.4) is 0 Å². The van der Waals surface area contributed by atoms with E-state index in [-0.39, 0.29) is 12.5 Å². The van der Waals surface area contributed by atoms with Crippen molar-refractivity contribution in [2.24, 2.45) is 0 Å². The fourth-order valence-electron chi connectivity index (χ4n) is 8.08. The van der Waals surface area contributed by atoms with Crippen molar-refractivity contribution in [3.8, 4) is 0 Å². The maximum Gasteiger partial charge on any atom is 0.220 e. The van der Waals surface area contributed by atoms with Gasteiger partial charge in [0.1, 0.15) is 0 Å². The van der Waals surface area contributed by atoms with Crippen molar-refractivity contribution >= 4 is 5.91 Å². The number of amides is 1. The number of hydrogen-bond donors (Lipinski definition) is 3. The first-order valence-corrected chi connectivity index (χ1v) is 28.0. The summed E-state index contributed by atoms with van der Waals surface area (Å²) < 4.78 is 0. The quantitative estimate of drug-likeness (QED) is 0.0421. The van der Waals surface area contributed by atoms with Gasteiger partial charge in [0.2, 0.25) is 5.91 Å². The number of carbonyl (C=O) groups excluding carboxylic acids is 1. The molecule has 65 heavy (non-hydrogen) atoms. The van der Waals surface area contributed by atoms with Gasteiger partial charge in [-0.3, -0.25) is 4.79 Å². The summed E-state index contributed by atoms with van der Waals surface area (Å²) in [5.41, 5.74) is 0. The first kappa shape index (κ1) is 62.3. The Kier molecular flexibility index (Phi) is 53.3. The Morgan fingerprint density at radius 2 is 0.692 bits per heavy atom. The Balaban J connectivity index is 3.51. The van der Waals surface area contributed by atoms with Gasteiger partial charge in [-0.25, -0.2) is 0 Å². The lowest BCUT2D eigenvalue weighted by Crippen LogP contribution is -2.45. The van der Waals surface area contributed by atoms with E-state index in [0.29, 0.717) is 6.42 Å². The zero-order valence-electron chi connectivity index (χ0n) is 43.0. The molecular formula is C61H107NO3. The van der Waals surface area contributed by atoms with E-state index in [1.54, 1.807) is 6.08 Å². The van der Waals surface area contributed by atoms with Crippen LogP contribution in [0.5, 0.6) is 0 Å². The Bertz CT molecular complexity index is 1210. The van der Waals surface area contributed by atoms with Gasteiger partial charge in [0.15, 0.2) is 0 Å². The first-order valence-electron chi connectivity index (χ1n) is 28.0. The van der Waals surface area contributed by atoms with E-state index in [9.17, 15) is 15.0 Å². The number of aliphatic hydroxyl groups excluding tert-OH is 2. The maximum atomic E-state index is 12.5. The molecule has 2 atom stereocenters. The second-order valence-corrected chi connectivity index (χ2v) is 18.6. The first-order chi connectivity index (χ1) is 32.2. The summed E-state index contributed by atoms with van der Waals surface area (Å²) in [5.74, 6) is -0.0742. The van der Waals surface area contributed by atoms with Crippen molar-refractivity contribution in [3.63, 3.8) is 0 Å². The lowest BCUT2D eigenvalue weighted by Gasteiger charge is -2.19. The van der Waals surface area contributed by atoms with Crippen LogP contribution in [-0.4, -0.2) is 34.9 Å². The molecule has 0 radical (unpaired) electrons. The van der Waals surface area contributed by atoms with Crippen LogP contribution in [0.2, 0.25) is 0 Å². The minimum atomic E-state index is -0.865. The van der Waals surface area contributed by atoms with Gasteiger partial charge in [0, 0.05) is 6.42 Å². The summed E-state index contributed by atoms with van der Waals surface area (Å²) in [7, 11) is 0. The smallest absolute Gasteiger partial charge is 0.220 e. The standard InChI is InChI=1S/C61H107NO3/c1-3-5-7-9-11-13-15-17-19-21-22-23-24-25-26-27-28-29-30-31-32-33-34-35-36-37-38-39-40-41-43-45-47-49-51-53-55-57-61(65)62-59(58-63)60(64)56-54-52-50-48-46-44-42-20-18-16-14-12-10-8-6-4-2/h5,7,11,13,17,19,22-23,25-26,28-29,46,48,54,56,59-60,63-64H,3-4,6,8-10,12,14-16,18,20-21,24,27,30-45,47,49-53,55,57-58H2,1-2H3,(H,62,65)/b7-5-,13-11-,19-17-,23-22-,26-25-,29-28-,48-46+,56-54+. The number of carbonyl (C=O) groups is 1. The highest BCUT2D eigenvalue weighted by Gasteiger charge is 2.17. The van der Waals surface area contributed by atoms with Crippen molar-refractivity contribution in [2.75, 3.05) is 6.61 Å². The molecule has 0 saturated carbocycles. The minimum Gasteiger partial charge on any atom is -0.394 e. The van der Waals surface area contributed by atoms with Crippen molar-refractivity contribution in [3.05, 3.63) is 97.2 Å². The molecule has 374 valence electrons. The minimum absolute atomic E-state index is 0.0742.